The van der Waals surface area contributed by atoms with E-state index in [2.05, 4.69) is 36.7 Å². The molecular weight excluding hydrogens is 518 g/mol. The highest BCUT2D eigenvalue weighted by molar-refractivity contribution is 9.10. The zero-order valence-electron chi connectivity index (χ0n) is 18.1. The van der Waals surface area contributed by atoms with Crippen molar-refractivity contribution in [2.75, 3.05) is 12.9 Å². The van der Waals surface area contributed by atoms with E-state index in [0.29, 0.717) is 10.7 Å². The van der Waals surface area contributed by atoms with Crippen LogP contribution in [0.5, 0.6) is 11.5 Å². The molecular formula is C24H20BrN5O3S. The summed E-state index contributed by atoms with van der Waals surface area (Å²) < 4.78 is 7.93. The van der Waals surface area contributed by atoms with Gasteiger partial charge in [-0.15, -0.1) is 5.10 Å². The van der Waals surface area contributed by atoms with Gasteiger partial charge in [0.2, 0.25) is 0 Å². The van der Waals surface area contributed by atoms with Crippen LogP contribution in [0.25, 0.3) is 17.1 Å². The second-order valence-electron chi connectivity index (χ2n) is 6.99. The first kappa shape index (κ1) is 23.5. The summed E-state index contributed by atoms with van der Waals surface area (Å²) in [7, 11) is 1.43. The van der Waals surface area contributed by atoms with Gasteiger partial charge in [-0.05, 0) is 59.8 Å². The summed E-state index contributed by atoms with van der Waals surface area (Å²) in [4.78, 5) is 12.4. The van der Waals surface area contributed by atoms with Crippen LogP contribution in [0.15, 0.2) is 87.5 Å². The summed E-state index contributed by atoms with van der Waals surface area (Å²) in [6.07, 6.45) is 1.30. The molecule has 0 aliphatic carbocycles. The predicted octanol–water partition coefficient (Wildman–Crippen LogP) is 3.44. The smallest absolute Gasteiger partial charge is 0.342 e. The maximum absolute atomic E-state index is 12.4. The van der Waals surface area contributed by atoms with Crippen molar-refractivity contribution in [2.24, 2.45) is 5.10 Å². The number of aromatic nitrogens is 3. The number of amides is 1. The summed E-state index contributed by atoms with van der Waals surface area (Å²) in [5.41, 5.74) is 4.63. The van der Waals surface area contributed by atoms with E-state index in [4.69, 9.17) is 4.74 Å². The average molecular weight is 538 g/mol. The highest BCUT2D eigenvalue weighted by atomic mass is 79.9. The Labute approximate surface area is 208 Å². The number of hydrogen-bond acceptors (Lipinski definition) is 6. The summed E-state index contributed by atoms with van der Waals surface area (Å²) >= 11 is 4.73. The minimum absolute atomic E-state index is 0.0787. The van der Waals surface area contributed by atoms with Gasteiger partial charge in [-0.25, -0.2) is 5.43 Å². The van der Waals surface area contributed by atoms with Crippen molar-refractivity contribution in [1.29, 1.82) is 0 Å². The number of hydrazone groups is 1. The van der Waals surface area contributed by atoms with E-state index in [1.807, 2.05) is 59.2 Å². The molecule has 0 atom stereocenters. The average Bonchev–Trinajstić information content (AvgIpc) is 3.29. The summed E-state index contributed by atoms with van der Waals surface area (Å²) in [6.45, 7) is 0. The standard InChI is InChI=1S/C24H20BrN5O3S/c1-33-20-9-5-8-17(22(20)32)14-26-27-21(31)15-34-24-29-28-23(16-6-3-2-4-7-16)30(24)19-12-10-18(25)11-13-19/h2-14H,15H2,1H3,(H2,26,27,31,32). The zero-order chi connectivity index (χ0) is 23.9. The van der Waals surface area contributed by atoms with Crippen molar-refractivity contribution in [2.45, 2.75) is 5.16 Å². The molecule has 4 rings (SSSR count). The normalized spacial score (nSPS) is 11.0. The van der Waals surface area contributed by atoms with E-state index >= 15 is 0 Å². The highest BCUT2D eigenvalue weighted by Gasteiger charge is 2.24. The van der Waals surface area contributed by atoms with Crippen LogP contribution in [-0.2, 0) is 4.79 Å². The molecule has 34 heavy (non-hydrogen) atoms. The van der Waals surface area contributed by atoms with Crippen LogP contribution in [0, 0.1) is 0 Å². The van der Waals surface area contributed by atoms with E-state index in [1.54, 1.807) is 18.2 Å². The molecule has 1 amide bonds. The first-order valence-corrected chi connectivity index (χ1v) is 11.9. The molecule has 0 fully saturated rings. The SMILES string of the molecule is COc1cccc(C=NNC(=O)CSc2n[nH]c(-c3ccccc3)[n+]2-c2ccc(Br)cc2)c1[O-]. The molecule has 1 heterocycles. The number of aromatic amines is 1. The van der Waals surface area contributed by atoms with Crippen molar-refractivity contribution in [3.05, 3.63) is 82.8 Å². The quantitative estimate of drug-likeness (QED) is 0.155. The van der Waals surface area contributed by atoms with Crippen LogP contribution >= 0.6 is 27.7 Å². The molecule has 0 saturated carbocycles. The molecule has 4 aromatic rings. The van der Waals surface area contributed by atoms with E-state index in [-0.39, 0.29) is 23.2 Å². The van der Waals surface area contributed by atoms with Gasteiger partial charge < -0.3 is 9.84 Å². The number of para-hydroxylation sites is 1. The number of thioether (sulfide) groups is 1. The fraction of sp³-hybridized carbons (Fsp3) is 0.0833. The Kier molecular flexibility index (Phi) is 7.61. The monoisotopic (exact) mass is 537 g/mol. The van der Waals surface area contributed by atoms with Gasteiger partial charge in [0.25, 0.3) is 11.7 Å². The Balaban J connectivity index is 1.49. The first-order valence-electron chi connectivity index (χ1n) is 10.2. The topological polar surface area (TPSA) is 106 Å². The number of methoxy groups -OCH3 is 1. The number of nitrogens with zero attached hydrogens (tertiary/aromatic N) is 3. The minimum atomic E-state index is -0.330. The number of halogens is 1. The third-order valence-electron chi connectivity index (χ3n) is 4.76. The Bertz CT molecular complexity index is 1310. The number of rotatable bonds is 8. The molecule has 0 aliphatic heterocycles. The van der Waals surface area contributed by atoms with Crippen LogP contribution in [0.4, 0.5) is 0 Å². The lowest BCUT2D eigenvalue weighted by Crippen LogP contribution is -2.34. The molecule has 3 aromatic carbocycles. The largest absolute Gasteiger partial charge is 0.870 e. The molecule has 2 N–H and O–H groups in total. The van der Waals surface area contributed by atoms with Gasteiger partial charge in [-0.2, -0.15) is 9.67 Å². The number of nitrogens with one attached hydrogen (secondary N) is 2. The van der Waals surface area contributed by atoms with Crippen LogP contribution in [0.3, 0.4) is 0 Å². The van der Waals surface area contributed by atoms with Gasteiger partial charge in [0, 0.05) is 4.47 Å². The lowest BCUT2D eigenvalue weighted by Gasteiger charge is -2.14. The second kappa shape index (κ2) is 11.0. The fourth-order valence-corrected chi connectivity index (χ4v) is 4.17. The molecule has 0 unspecified atom stereocenters. The van der Waals surface area contributed by atoms with Crippen LogP contribution in [0.1, 0.15) is 5.56 Å². The fourth-order valence-electron chi connectivity index (χ4n) is 3.14. The van der Waals surface area contributed by atoms with Crippen molar-refractivity contribution >= 4 is 39.8 Å². The predicted molar refractivity (Wildman–Crippen MR) is 132 cm³/mol. The lowest BCUT2D eigenvalue weighted by atomic mass is 10.2. The van der Waals surface area contributed by atoms with E-state index in [0.717, 1.165) is 21.5 Å². The van der Waals surface area contributed by atoms with Gasteiger partial charge in [0.1, 0.15) is 11.4 Å². The number of hydrogen-bond donors (Lipinski definition) is 2. The summed E-state index contributed by atoms with van der Waals surface area (Å²) in [6, 6.07) is 22.5. The molecule has 1 aromatic heterocycles. The number of benzene rings is 3. The third-order valence-corrected chi connectivity index (χ3v) is 6.23. The van der Waals surface area contributed by atoms with Crippen molar-refractivity contribution in [1.82, 2.24) is 15.6 Å². The molecule has 0 aliphatic rings. The van der Waals surface area contributed by atoms with E-state index in [9.17, 15) is 9.90 Å². The Hall–Kier alpha value is -3.63. The molecule has 0 radical (unpaired) electrons. The highest BCUT2D eigenvalue weighted by Crippen LogP contribution is 2.25. The van der Waals surface area contributed by atoms with Crippen molar-refractivity contribution in [3.63, 3.8) is 0 Å². The third kappa shape index (κ3) is 5.46. The van der Waals surface area contributed by atoms with Gasteiger partial charge in [0.05, 0.1) is 29.7 Å². The summed E-state index contributed by atoms with van der Waals surface area (Å²) in [5.74, 6) is 0.469. The van der Waals surface area contributed by atoms with E-state index in [1.165, 1.54) is 25.1 Å². The first-order chi connectivity index (χ1) is 16.6. The van der Waals surface area contributed by atoms with Crippen molar-refractivity contribution < 1.29 is 19.2 Å². The zero-order valence-corrected chi connectivity index (χ0v) is 20.5. The molecule has 0 saturated heterocycles. The summed E-state index contributed by atoms with van der Waals surface area (Å²) in [5, 5.41) is 24.2. The van der Waals surface area contributed by atoms with Crippen LogP contribution in [0.2, 0.25) is 0 Å². The lowest BCUT2D eigenvalue weighted by molar-refractivity contribution is -0.625. The van der Waals surface area contributed by atoms with Gasteiger partial charge in [-0.3, -0.25) is 4.79 Å². The van der Waals surface area contributed by atoms with Crippen LogP contribution in [-0.4, -0.2) is 35.2 Å². The van der Waals surface area contributed by atoms with E-state index < -0.39 is 0 Å². The minimum Gasteiger partial charge on any atom is -0.870 e. The number of H-pyrrole nitrogens is 1. The second-order valence-corrected chi connectivity index (χ2v) is 8.85. The molecule has 172 valence electrons. The van der Waals surface area contributed by atoms with Gasteiger partial charge in [-0.1, -0.05) is 52.0 Å². The maximum atomic E-state index is 12.4. The van der Waals surface area contributed by atoms with Crippen LogP contribution < -0.4 is 19.8 Å². The Morgan fingerprint density at radius 3 is 2.68 bits per heavy atom. The number of ether oxygens (including phenoxy) is 1. The Morgan fingerprint density at radius 1 is 1.18 bits per heavy atom. The molecule has 8 nitrogen and oxygen atoms in total. The molecule has 0 bridgehead atoms. The maximum Gasteiger partial charge on any atom is 0.342 e. The van der Waals surface area contributed by atoms with Gasteiger partial charge in [0.15, 0.2) is 0 Å². The number of carbonyl (C=O) groups is 1. The Morgan fingerprint density at radius 2 is 1.94 bits per heavy atom. The number of carbonyl (C=O) groups excluding carboxylic acids is 1. The van der Waals surface area contributed by atoms with Crippen molar-refractivity contribution in [3.8, 4) is 28.6 Å². The van der Waals surface area contributed by atoms with Gasteiger partial charge >= 0.3 is 5.16 Å². The molecule has 0 spiro atoms. The molecule has 10 heteroatoms.